The van der Waals surface area contributed by atoms with E-state index < -0.39 is 10.0 Å². The molecule has 112 valence electrons. The first-order valence-electron chi connectivity index (χ1n) is 6.24. The van der Waals surface area contributed by atoms with Crippen LogP contribution in [0, 0.1) is 0 Å². The smallest absolute Gasteiger partial charge is 0.240 e. The van der Waals surface area contributed by atoms with Crippen LogP contribution in [0.1, 0.15) is 6.92 Å². The molecule has 0 unspecified atom stereocenters. The molecule has 0 aromatic heterocycles. The molecular weight excluding hydrogens is 292 g/mol. The first-order chi connectivity index (χ1) is 9.91. The summed E-state index contributed by atoms with van der Waals surface area (Å²) in [6.07, 6.45) is 0. The van der Waals surface area contributed by atoms with Gasteiger partial charge in [0.25, 0.3) is 0 Å². The maximum Gasteiger partial charge on any atom is 0.240 e. The molecule has 7 heteroatoms. The van der Waals surface area contributed by atoms with E-state index in [0.29, 0.717) is 18.1 Å². The van der Waals surface area contributed by atoms with Crippen molar-refractivity contribution in [2.45, 2.75) is 11.8 Å². The lowest BCUT2D eigenvalue weighted by molar-refractivity contribution is 0.338. The van der Waals surface area contributed by atoms with Crippen LogP contribution < -0.4 is 20.3 Å². The van der Waals surface area contributed by atoms with Gasteiger partial charge in [0, 0.05) is 6.07 Å². The van der Waals surface area contributed by atoms with E-state index >= 15 is 0 Å². The Labute approximate surface area is 123 Å². The fraction of sp³-hybridized carbons (Fsp3) is 0.143. The van der Waals surface area contributed by atoms with Crippen molar-refractivity contribution >= 4 is 15.7 Å². The topological polar surface area (TPSA) is 105 Å². The van der Waals surface area contributed by atoms with Crippen LogP contribution in [0.3, 0.4) is 0 Å². The molecule has 6 nitrogen and oxygen atoms in total. The highest BCUT2D eigenvalue weighted by Crippen LogP contribution is 2.32. The van der Waals surface area contributed by atoms with Gasteiger partial charge in [-0.2, -0.15) is 0 Å². The van der Waals surface area contributed by atoms with Crippen LogP contribution in [0.4, 0.5) is 5.69 Å². The predicted molar refractivity (Wildman–Crippen MR) is 79.9 cm³/mol. The highest BCUT2D eigenvalue weighted by atomic mass is 32.2. The van der Waals surface area contributed by atoms with Gasteiger partial charge in [-0.25, -0.2) is 13.6 Å². The summed E-state index contributed by atoms with van der Waals surface area (Å²) in [5.41, 5.74) is 5.77. The number of rotatable bonds is 5. The zero-order valence-corrected chi connectivity index (χ0v) is 12.3. The third-order valence-corrected chi connectivity index (χ3v) is 3.65. The number of benzene rings is 2. The van der Waals surface area contributed by atoms with Crippen LogP contribution in [0.2, 0.25) is 0 Å². The molecule has 0 saturated heterocycles. The van der Waals surface area contributed by atoms with Gasteiger partial charge in [-0.1, -0.05) is 12.1 Å². The highest BCUT2D eigenvalue weighted by molar-refractivity contribution is 7.89. The van der Waals surface area contributed by atoms with Gasteiger partial charge in [-0.05, 0) is 31.2 Å². The van der Waals surface area contributed by atoms with Gasteiger partial charge >= 0.3 is 0 Å². The molecule has 0 aliphatic carbocycles. The van der Waals surface area contributed by atoms with Crippen molar-refractivity contribution in [3.63, 3.8) is 0 Å². The number of hydrogen-bond donors (Lipinski definition) is 2. The Bertz CT molecular complexity index is 744. The zero-order chi connectivity index (χ0) is 15.5. The Hall–Kier alpha value is -2.25. The third kappa shape index (κ3) is 3.65. The number of anilines is 1. The molecule has 0 radical (unpaired) electrons. The fourth-order valence-electron chi connectivity index (χ4n) is 1.78. The van der Waals surface area contributed by atoms with Gasteiger partial charge in [0.05, 0.1) is 12.3 Å². The van der Waals surface area contributed by atoms with E-state index in [-0.39, 0.29) is 16.3 Å². The summed E-state index contributed by atoms with van der Waals surface area (Å²) >= 11 is 0. The molecule has 0 bridgehead atoms. The van der Waals surface area contributed by atoms with E-state index in [1.165, 1.54) is 12.1 Å². The molecule has 0 aliphatic heterocycles. The van der Waals surface area contributed by atoms with Crippen LogP contribution in [-0.4, -0.2) is 15.0 Å². The molecule has 2 aromatic carbocycles. The van der Waals surface area contributed by atoms with E-state index in [9.17, 15) is 8.42 Å². The summed E-state index contributed by atoms with van der Waals surface area (Å²) in [7, 11) is -3.89. The molecule has 2 rings (SSSR count). The summed E-state index contributed by atoms with van der Waals surface area (Å²) < 4.78 is 33.8. The Morgan fingerprint density at radius 2 is 1.76 bits per heavy atom. The Morgan fingerprint density at radius 3 is 2.43 bits per heavy atom. The van der Waals surface area contributed by atoms with Crippen LogP contribution in [0.5, 0.6) is 17.2 Å². The number of para-hydroxylation sites is 1. The van der Waals surface area contributed by atoms with Gasteiger partial charge in [-0.3, -0.25) is 0 Å². The normalized spacial score (nSPS) is 11.1. The van der Waals surface area contributed by atoms with Gasteiger partial charge in [-0.15, -0.1) is 0 Å². The summed E-state index contributed by atoms with van der Waals surface area (Å²) in [6.45, 7) is 2.41. The Balaban J connectivity index is 2.34. The van der Waals surface area contributed by atoms with Crippen molar-refractivity contribution in [1.82, 2.24) is 0 Å². The van der Waals surface area contributed by atoms with E-state index in [1.54, 1.807) is 30.3 Å². The SMILES string of the molecule is CCOc1cccc(Oc2cccc(S(N)(=O)=O)c2N)c1. The predicted octanol–water partition coefficient (Wildman–Crippen LogP) is 2.11. The van der Waals surface area contributed by atoms with E-state index in [2.05, 4.69) is 0 Å². The lowest BCUT2D eigenvalue weighted by Crippen LogP contribution is -2.14. The van der Waals surface area contributed by atoms with Gasteiger partial charge in [0.15, 0.2) is 5.75 Å². The Morgan fingerprint density at radius 1 is 1.10 bits per heavy atom. The summed E-state index contributed by atoms with van der Waals surface area (Å²) in [6, 6.07) is 11.4. The van der Waals surface area contributed by atoms with Crippen molar-refractivity contribution in [1.29, 1.82) is 0 Å². The fourth-order valence-corrected chi connectivity index (χ4v) is 2.46. The second-order valence-corrected chi connectivity index (χ2v) is 5.75. The molecule has 0 saturated carbocycles. The minimum absolute atomic E-state index is 0.0261. The van der Waals surface area contributed by atoms with Crippen molar-refractivity contribution in [3.8, 4) is 17.2 Å². The maximum atomic E-state index is 11.4. The molecule has 0 amide bonds. The average molecular weight is 308 g/mol. The average Bonchev–Trinajstić information content (AvgIpc) is 2.41. The second kappa shape index (κ2) is 6.02. The molecule has 2 aromatic rings. The van der Waals surface area contributed by atoms with Gasteiger partial charge in [0.1, 0.15) is 16.4 Å². The first kappa shape index (κ1) is 15.1. The zero-order valence-electron chi connectivity index (χ0n) is 11.4. The minimum Gasteiger partial charge on any atom is -0.494 e. The monoisotopic (exact) mass is 308 g/mol. The van der Waals surface area contributed by atoms with Crippen LogP contribution in [-0.2, 0) is 10.0 Å². The molecule has 0 heterocycles. The molecule has 4 N–H and O–H groups in total. The van der Waals surface area contributed by atoms with Crippen molar-refractivity contribution < 1.29 is 17.9 Å². The molecule has 0 aliphatic rings. The quantitative estimate of drug-likeness (QED) is 0.823. The summed E-state index contributed by atoms with van der Waals surface area (Å²) in [5.74, 6) is 1.35. The number of primary sulfonamides is 1. The number of ether oxygens (including phenoxy) is 2. The molecule has 0 fully saturated rings. The molecule has 21 heavy (non-hydrogen) atoms. The number of hydrogen-bond acceptors (Lipinski definition) is 5. The largest absolute Gasteiger partial charge is 0.494 e. The van der Waals surface area contributed by atoms with E-state index in [0.717, 1.165) is 0 Å². The van der Waals surface area contributed by atoms with Crippen molar-refractivity contribution in [2.75, 3.05) is 12.3 Å². The molecule has 0 atom stereocenters. The number of nitrogens with two attached hydrogens (primary N) is 2. The van der Waals surface area contributed by atoms with Crippen molar-refractivity contribution in [2.24, 2.45) is 5.14 Å². The minimum atomic E-state index is -3.89. The highest BCUT2D eigenvalue weighted by Gasteiger charge is 2.16. The second-order valence-electron chi connectivity index (χ2n) is 4.22. The lowest BCUT2D eigenvalue weighted by atomic mass is 10.3. The van der Waals surface area contributed by atoms with E-state index in [4.69, 9.17) is 20.3 Å². The maximum absolute atomic E-state index is 11.4. The van der Waals surface area contributed by atoms with Crippen LogP contribution in [0.25, 0.3) is 0 Å². The molecular formula is C14H16N2O4S. The van der Waals surface area contributed by atoms with Crippen molar-refractivity contribution in [3.05, 3.63) is 42.5 Å². The number of nitrogen functional groups attached to an aromatic ring is 1. The standard InChI is InChI=1S/C14H16N2O4S/c1-2-19-10-5-3-6-11(9-10)20-12-7-4-8-13(14(12)15)21(16,17)18/h3-9H,2,15H2,1H3,(H2,16,17,18). The van der Waals surface area contributed by atoms with Crippen LogP contribution in [0.15, 0.2) is 47.4 Å². The summed E-state index contributed by atoms with van der Waals surface area (Å²) in [4.78, 5) is -0.166. The van der Waals surface area contributed by atoms with E-state index in [1.807, 2.05) is 6.92 Å². The van der Waals surface area contributed by atoms with Crippen LogP contribution >= 0.6 is 0 Å². The molecule has 0 spiro atoms. The number of sulfonamides is 1. The Kier molecular flexibility index (Phi) is 4.35. The lowest BCUT2D eigenvalue weighted by Gasteiger charge is -2.12. The third-order valence-electron chi connectivity index (χ3n) is 2.68. The van der Waals surface area contributed by atoms with Gasteiger partial charge in [0.2, 0.25) is 10.0 Å². The summed E-state index contributed by atoms with van der Waals surface area (Å²) in [5, 5.41) is 5.10. The first-order valence-corrected chi connectivity index (χ1v) is 7.78. The van der Waals surface area contributed by atoms with Gasteiger partial charge < -0.3 is 15.2 Å².